The Hall–Kier alpha value is -3.58. The van der Waals surface area contributed by atoms with Crippen LogP contribution in [0.15, 0.2) is 73.2 Å². The molecule has 1 saturated heterocycles. The second-order valence-corrected chi connectivity index (χ2v) is 11.3. The van der Waals surface area contributed by atoms with Crippen molar-refractivity contribution in [2.75, 3.05) is 19.6 Å². The molecular weight excluding hydrogens is 474 g/mol. The van der Waals surface area contributed by atoms with Crippen molar-refractivity contribution in [2.45, 2.75) is 58.0 Å². The van der Waals surface area contributed by atoms with Crippen molar-refractivity contribution in [1.82, 2.24) is 24.6 Å². The van der Waals surface area contributed by atoms with Crippen LogP contribution in [0.1, 0.15) is 57.2 Å². The smallest absolute Gasteiger partial charge is 0.306 e. The van der Waals surface area contributed by atoms with E-state index < -0.39 is 5.60 Å². The van der Waals surface area contributed by atoms with Crippen molar-refractivity contribution in [1.29, 1.82) is 0 Å². The van der Waals surface area contributed by atoms with Gasteiger partial charge in [-0.05, 0) is 101 Å². The molecule has 0 bridgehead atoms. The van der Waals surface area contributed by atoms with Crippen molar-refractivity contribution in [3.8, 4) is 5.69 Å². The molecule has 7 nitrogen and oxygen atoms in total. The highest BCUT2D eigenvalue weighted by Gasteiger charge is 2.28. The summed E-state index contributed by atoms with van der Waals surface area (Å²) in [4.78, 5) is 24.5. The van der Waals surface area contributed by atoms with E-state index in [1.165, 1.54) is 0 Å². The molecule has 1 aromatic carbocycles. The van der Waals surface area contributed by atoms with Gasteiger partial charge in [0, 0.05) is 48.7 Å². The summed E-state index contributed by atoms with van der Waals surface area (Å²) >= 11 is 0. The minimum atomic E-state index is -0.496. The number of carbonyl (C=O) groups excluding carboxylic acids is 1. The average molecular weight is 512 g/mol. The van der Waals surface area contributed by atoms with Gasteiger partial charge in [0.05, 0.1) is 12.1 Å². The van der Waals surface area contributed by atoms with Gasteiger partial charge in [0.1, 0.15) is 5.60 Å². The molecule has 1 aliphatic heterocycles. The Morgan fingerprint density at radius 1 is 1.11 bits per heavy atom. The number of hydrogen-bond donors (Lipinski definition) is 0. The molecule has 0 saturated carbocycles. The second kappa shape index (κ2) is 11.4. The Kier molecular flexibility index (Phi) is 7.84. The maximum Gasteiger partial charge on any atom is 0.306 e. The number of aromatic nitrogens is 4. The Morgan fingerprint density at radius 3 is 2.82 bits per heavy atom. The summed E-state index contributed by atoms with van der Waals surface area (Å²) in [5, 5.41) is 5.46. The van der Waals surface area contributed by atoms with Crippen LogP contribution in [0.5, 0.6) is 0 Å². The van der Waals surface area contributed by atoms with Crippen LogP contribution in [0.25, 0.3) is 16.7 Å². The molecule has 0 radical (unpaired) electrons. The van der Waals surface area contributed by atoms with E-state index >= 15 is 0 Å². The summed E-state index contributed by atoms with van der Waals surface area (Å²) in [6.07, 6.45) is 9.10. The Morgan fingerprint density at radius 2 is 2.00 bits per heavy atom. The highest BCUT2D eigenvalue weighted by atomic mass is 16.6. The van der Waals surface area contributed by atoms with Crippen molar-refractivity contribution in [3.05, 3.63) is 84.4 Å². The number of ether oxygens (including phenoxy) is 1. The number of pyridine rings is 2. The quantitative estimate of drug-likeness (QED) is 0.273. The third-order valence-corrected chi connectivity index (χ3v) is 7.12. The Balaban J connectivity index is 1.24. The van der Waals surface area contributed by atoms with Gasteiger partial charge in [0.25, 0.3) is 0 Å². The van der Waals surface area contributed by atoms with E-state index in [1.54, 1.807) is 12.4 Å². The molecule has 0 N–H and O–H groups in total. The molecular formula is C31H37N5O2. The minimum absolute atomic E-state index is 0.0485. The zero-order valence-electron chi connectivity index (χ0n) is 22.6. The van der Waals surface area contributed by atoms with E-state index in [1.807, 2.05) is 62.0 Å². The van der Waals surface area contributed by atoms with E-state index in [4.69, 9.17) is 9.72 Å². The molecule has 0 spiro atoms. The molecule has 1 aliphatic rings. The molecule has 1 fully saturated rings. The number of carbonyl (C=O) groups is 1. The van der Waals surface area contributed by atoms with Crippen LogP contribution in [0.3, 0.4) is 0 Å². The van der Waals surface area contributed by atoms with Crippen LogP contribution in [0, 0.1) is 5.92 Å². The third kappa shape index (κ3) is 6.84. The number of aryl methyl sites for hydroxylation is 1. The van der Waals surface area contributed by atoms with E-state index in [9.17, 15) is 4.79 Å². The predicted octanol–water partition coefficient (Wildman–Crippen LogP) is 5.59. The van der Waals surface area contributed by atoms with E-state index in [-0.39, 0.29) is 11.9 Å². The summed E-state index contributed by atoms with van der Waals surface area (Å²) in [5.74, 6) is 0.514. The van der Waals surface area contributed by atoms with Gasteiger partial charge in [-0.15, -0.1) is 0 Å². The number of fused-ring (bicyclic) bond motifs is 1. The second-order valence-electron chi connectivity index (χ2n) is 11.3. The zero-order chi connectivity index (χ0) is 26.5. The lowest BCUT2D eigenvalue weighted by Crippen LogP contribution is -2.30. The van der Waals surface area contributed by atoms with Gasteiger partial charge in [-0.3, -0.25) is 4.79 Å². The zero-order valence-corrected chi connectivity index (χ0v) is 22.6. The first-order chi connectivity index (χ1) is 18.3. The van der Waals surface area contributed by atoms with Crippen molar-refractivity contribution >= 4 is 17.0 Å². The highest BCUT2D eigenvalue weighted by Crippen LogP contribution is 2.29. The van der Waals surface area contributed by atoms with Crippen LogP contribution < -0.4 is 0 Å². The topological polar surface area (TPSA) is 73.1 Å². The van der Waals surface area contributed by atoms with E-state index in [0.717, 1.165) is 66.9 Å². The van der Waals surface area contributed by atoms with Crippen LogP contribution >= 0.6 is 0 Å². The van der Waals surface area contributed by atoms with Gasteiger partial charge in [-0.1, -0.05) is 12.1 Å². The number of rotatable bonds is 9. The van der Waals surface area contributed by atoms with E-state index in [2.05, 4.69) is 39.2 Å². The molecule has 3 aromatic heterocycles. The first-order valence-electron chi connectivity index (χ1n) is 13.6. The number of hydrogen-bond acceptors (Lipinski definition) is 6. The van der Waals surface area contributed by atoms with Gasteiger partial charge in [-0.25, -0.2) is 14.6 Å². The highest BCUT2D eigenvalue weighted by molar-refractivity contribution is 5.74. The lowest BCUT2D eigenvalue weighted by molar-refractivity contribution is -0.155. The Bertz CT molecular complexity index is 1360. The molecule has 4 aromatic rings. The molecule has 0 aliphatic carbocycles. The first-order valence-corrected chi connectivity index (χ1v) is 13.6. The fourth-order valence-corrected chi connectivity index (χ4v) is 5.32. The van der Waals surface area contributed by atoms with E-state index in [0.29, 0.717) is 12.3 Å². The summed E-state index contributed by atoms with van der Waals surface area (Å²) in [5.41, 5.74) is 3.57. The largest absolute Gasteiger partial charge is 0.460 e. The van der Waals surface area contributed by atoms with Crippen LogP contribution in [0.4, 0.5) is 0 Å². The Labute approximate surface area is 224 Å². The third-order valence-electron chi connectivity index (χ3n) is 7.12. The predicted molar refractivity (Wildman–Crippen MR) is 149 cm³/mol. The standard InChI is InChI=1S/C31H37N5O2/c1-31(2,3)38-29(37)20-26(25-7-4-9-28(19-25)36-17-6-16-33-36)22-35-18-14-23(21-35)10-12-27-13-11-24-8-5-15-32-30(24)34-27/h4-9,11,13,15-17,19,23,26H,10,12,14,18,20-22H2,1-3H3/t23-,26?/m1/s1. The van der Waals surface area contributed by atoms with Gasteiger partial charge in [0.2, 0.25) is 0 Å². The normalized spacial score (nSPS) is 17.1. The van der Waals surface area contributed by atoms with Crippen LogP contribution in [-0.4, -0.2) is 55.9 Å². The number of likely N-dealkylation sites (tertiary alicyclic amines) is 1. The summed E-state index contributed by atoms with van der Waals surface area (Å²) in [6, 6.07) is 18.5. The lowest BCUT2D eigenvalue weighted by atomic mass is 9.94. The summed E-state index contributed by atoms with van der Waals surface area (Å²) in [6.45, 7) is 8.67. The monoisotopic (exact) mass is 511 g/mol. The lowest BCUT2D eigenvalue weighted by Gasteiger charge is -2.26. The molecule has 0 amide bonds. The number of benzene rings is 1. The maximum absolute atomic E-state index is 12.9. The van der Waals surface area contributed by atoms with Crippen molar-refractivity contribution in [2.24, 2.45) is 5.92 Å². The van der Waals surface area contributed by atoms with Crippen molar-refractivity contribution in [3.63, 3.8) is 0 Å². The minimum Gasteiger partial charge on any atom is -0.460 e. The molecule has 5 rings (SSSR count). The number of esters is 1. The van der Waals surface area contributed by atoms with Gasteiger partial charge in [-0.2, -0.15) is 5.10 Å². The molecule has 7 heteroatoms. The fraction of sp³-hybridized carbons (Fsp3) is 0.419. The van der Waals surface area contributed by atoms with Crippen LogP contribution in [0.2, 0.25) is 0 Å². The molecule has 4 heterocycles. The van der Waals surface area contributed by atoms with Crippen molar-refractivity contribution < 1.29 is 9.53 Å². The van der Waals surface area contributed by atoms with Crippen LogP contribution in [-0.2, 0) is 16.0 Å². The summed E-state index contributed by atoms with van der Waals surface area (Å²) < 4.78 is 7.57. The first kappa shape index (κ1) is 26.0. The molecule has 198 valence electrons. The average Bonchev–Trinajstić information content (AvgIpc) is 3.59. The van der Waals surface area contributed by atoms with Gasteiger partial charge < -0.3 is 9.64 Å². The maximum atomic E-state index is 12.9. The SMILES string of the molecule is CC(C)(C)OC(=O)CC(CN1CC[C@@H](CCc2ccc3cccnc3n2)C1)c1cccc(-n2cccn2)c1. The van der Waals surface area contributed by atoms with Gasteiger partial charge in [0.15, 0.2) is 5.65 Å². The van der Waals surface area contributed by atoms with Gasteiger partial charge >= 0.3 is 5.97 Å². The molecule has 1 unspecified atom stereocenters. The molecule has 2 atom stereocenters. The number of nitrogens with zero attached hydrogens (tertiary/aromatic N) is 5. The summed E-state index contributed by atoms with van der Waals surface area (Å²) in [7, 11) is 0. The molecule has 38 heavy (non-hydrogen) atoms. The fourth-order valence-electron chi connectivity index (χ4n) is 5.32.